The largest absolute Gasteiger partial charge is 0.471 e. The van der Waals surface area contributed by atoms with Gasteiger partial charge < -0.3 is 30.1 Å². The van der Waals surface area contributed by atoms with Gasteiger partial charge in [0.25, 0.3) is 5.17 Å². The molecule has 0 bridgehead atoms. The Morgan fingerprint density at radius 2 is 2.12 bits per heavy atom. The van der Waals surface area contributed by atoms with Crippen LogP contribution in [0.15, 0.2) is 0 Å². The lowest BCUT2D eigenvalue weighted by molar-refractivity contribution is -0.191. The molecule has 1 rings (SSSR count). The number of ether oxygens (including phenoxy) is 2. The highest BCUT2D eigenvalue weighted by Crippen LogP contribution is 2.13. The molecule has 6 nitrogen and oxygen atoms in total. The number of rotatable bonds is 3. The summed E-state index contributed by atoms with van der Waals surface area (Å²) in [7, 11) is 0. The van der Waals surface area contributed by atoms with E-state index in [0.29, 0.717) is 6.61 Å². The Morgan fingerprint density at radius 3 is 2.75 bits per heavy atom. The lowest BCUT2D eigenvalue weighted by Gasteiger charge is -2.35. The maximum absolute atomic E-state index is 9.57. The van der Waals surface area contributed by atoms with Crippen molar-refractivity contribution < 1.29 is 24.8 Å². The maximum atomic E-state index is 9.57. The van der Waals surface area contributed by atoms with Gasteiger partial charge in [0, 0.05) is 0 Å². The first-order chi connectivity index (χ1) is 7.56. The fourth-order valence-corrected chi connectivity index (χ4v) is 1.49. The van der Waals surface area contributed by atoms with Crippen molar-refractivity contribution in [3.05, 3.63) is 0 Å². The minimum absolute atomic E-state index is 0.0632. The summed E-state index contributed by atoms with van der Waals surface area (Å²) in [5, 5.41) is 30.9. The second-order valence-corrected chi connectivity index (χ2v) is 3.95. The molecule has 7 heteroatoms. The van der Waals surface area contributed by atoms with E-state index in [9.17, 15) is 15.3 Å². The smallest absolute Gasteiger partial charge is 0.258 e. The molecule has 1 fully saturated rings. The Hall–Kier alpha value is -0.470. The van der Waals surface area contributed by atoms with Crippen molar-refractivity contribution in [1.82, 2.24) is 5.32 Å². The van der Waals surface area contributed by atoms with E-state index in [2.05, 4.69) is 5.32 Å². The van der Waals surface area contributed by atoms with Gasteiger partial charge >= 0.3 is 0 Å². The fraction of sp³-hybridized carbons (Fsp3) is 0.889. The first-order valence-electron chi connectivity index (χ1n) is 5.15. The lowest BCUT2D eigenvalue weighted by Crippen LogP contribution is -2.58. The van der Waals surface area contributed by atoms with Crippen LogP contribution in [-0.2, 0) is 9.47 Å². The molecular formula is C9H17NO5S. The zero-order valence-corrected chi connectivity index (χ0v) is 9.81. The standard InChI is InChI=1S/C9H17NO5S/c1-2-3-14-9(16)10-8-7(13)6(12)5(11)4-15-8/h5-8,11-13H,2-4H2,1H3,(H,10,16)/t5-,6-,7-,8-/m1/s1. The Morgan fingerprint density at radius 1 is 1.44 bits per heavy atom. The van der Waals surface area contributed by atoms with Gasteiger partial charge in [0.15, 0.2) is 6.23 Å². The predicted octanol–water partition coefficient (Wildman–Crippen LogP) is -1.27. The summed E-state index contributed by atoms with van der Waals surface area (Å²) < 4.78 is 10.2. The van der Waals surface area contributed by atoms with Crippen molar-refractivity contribution in [1.29, 1.82) is 0 Å². The fourth-order valence-electron chi connectivity index (χ4n) is 1.29. The van der Waals surface area contributed by atoms with E-state index >= 15 is 0 Å². The van der Waals surface area contributed by atoms with Crippen LogP contribution in [-0.4, -0.2) is 58.2 Å². The number of thiocarbonyl (C=S) groups is 1. The maximum Gasteiger partial charge on any atom is 0.258 e. The van der Waals surface area contributed by atoms with Gasteiger partial charge in [-0.2, -0.15) is 0 Å². The van der Waals surface area contributed by atoms with Crippen LogP contribution in [0.5, 0.6) is 0 Å². The quantitative estimate of drug-likeness (QED) is 0.465. The zero-order chi connectivity index (χ0) is 12.1. The molecule has 0 aromatic rings. The van der Waals surface area contributed by atoms with Gasteiger partial charge in [0.05, 0.1) is 13.2 Å². The van der Waals surface area contributed by atoms with Crippen LogP contribution in [0, 0.1) is 0 Å². The van der Waals surface area contributed by atoms with E-state index in [1.807, 2.05) is 6.92 Å². The Labute approximate surface area is 99.2 Å². The Kier molecular flexibility index (Phi) is 5.36. The molecule has 4 atom stereocenters. The predicted molar refractivity (Wildman–Crippen MR) is 59.7 cm³/mol. The van der Waals surface area contributed by atoms with Crippen LogP contribution in [0.1, 0.15) is 13.3 Å². The van der Waals surface area contributed by atoms with Crippen LogP contribution < -0.4 is 5.32 Å². The van der Waals surface area contributed by atoms with E-state index in [1.54, 1.807) is 0 Å². The molecule has 0 spiro atoms. The average Bonchev–Trinajstić information content (AvgIpc) is 2.27. The van der Waals surface area contributed by atoms with Gasteiger partial charge in [-0.05, 0) is 18.6 Å². The molecule has 4 N–H and O–H groups in total. The van der Waals surface area contributed by atoms with Gasteiger partial charge in [-0.15, -0.1) is 0 Å². The summed E-state index contributed by atoms with van der Waals surface area (Å²) in [6.07, 6.45) is -3.62. The highest BCUT2D eigenvalue weighted by molar-refractivity contribution is 7.80. The van der Waals surface area contributed by atoms with Gasteiger partial charge in [0.1, 0.15) is 18.3 Å². The monoisotopic (exact) mass is 251 g/mol. The van der Waals surface area contributed by atoms with E-state index in [0.717, 1.165) is 6.42 Å². The summed E-state index contributed by atoms with van der Waals surface area (Å²) in [6.45, 7) is 2.35. The van der Waals surface area contributed by atoms with Crippen LogP contribution >= 0.6 is 12.2 Å². The molecule has 94 valence electrons. The topological polar surface area (TPSA) is 91.2 Å². The van der Waals surface area contributed by atoms with Crippen molar-refractivity contribution in [2.45, 2.75) is 37.9 Å². The van der Waals surface area contributed by atoms with Crippen LogP contribution in [0.4, 0.5) is 0 Å². The number of hydrogen-bond acceptors (Lipinski definition) is 6. The molecule has 0 radical (unpaired) electrons. The molecule has 1 heterocycles. The van der Waals surface area contributed by atoms with Crippen molar-refractivity contribution >= 4 is 17.4 Å². The first-order valence-corrected chi connectivity index (χ1v) is 5.56. The molecule has 0 saturated carbocycles. The molecule has 1 saturated heterocycles. The molecule has 0 aliphatic carbocycles. The van der Waals surface area contributed by atoms with Crippen LogP contribution in [0.2, 0.25) is 0 Å². The van der Waals surface area contributed by atoms with Gasteiger partial charge in [-0.3, -0.25) is 0 Å². The molecule has 1 aliphatic rings. The van der Waals surface area contributed by atoms with Gasteiger partial charge in [-0.25, -0.2) is 0 Å². The molecule has 0 unspecified atom stereocenters. The zero-order valence-electron chi connectivity index (χ0n) is 9.00. The van der Waals surface area contributed by atoms with Gasteiger partial charge in [-0.1, -0.05) is 6.92 Å². The molecule has 16 heavy (non-hydrogen) atoms. The Bertz CT molecular complexity index is 240. The molecule has 1 aliphatic heterocycles. The van der Waals surface area contributed by atoms with Crippen LogP contribution in [0.25, 0.3) is 0 Å². The van der Waals surface area contributed by atoms with E-state index in [1.165, 1.54) is 0 Å². The SMILES string of the molecule is CCCOC(=S)N[C@@H]1OC[C@@H](O)[C@@H](O)[C@H]1O. The van der Waals surface area contributed by atoms with Crippen LogP contribution in [0.3, 0.4) is 0 Å². The minimum Gasteiger partial charge on any atom is -0.471 e. The summed E-state index contributed by atoms with van der Waals surface area (Å²) in [5.41, 5.74) is 0. The summed E-state index contributed by atoms with van der Waals surface area (Å²) in [5.74, 6) is 0. The normalized spacial score (nSPS) is 34.5. The van der Waals surface area contributed by atoms with E-state index in [-0.39, 0.29) is 11.8 Å². The Balaban J connectivity index is 2.39. The number of hydrogen-bond donors (Lipinski definition) is 4. The molecular weight excluding hydrogens is 234 g/mol. The van der Waals surface area contributed by atoms with Crippen molar-refractivity contribution in [2.75, 3.05) is 13.2 Å². The first kappa shape index (κ1) is 13.6. The molecule has 0 amide bonds. The van der Waals surface area contributed by atoms with Gasteiger partial charge in [0.2, 0.25) is 0 Å². The van der Waals surface area contributed by atoms with Crippen molar-refractivity contribution in [3.8, 4) is 0 Å². The number of aliphatic hydroxyl groups excluding tert-OH is 3. The van der Waals surface area contributed by atoms with E-state index in [4.69, 9.17) is 21.7 Å². The number of nitrogens with one attached hydrogen (secondary N) is 1. The molecule has 0 aromatic carbocycles. The highest BCUT2D eigenvalue weighted by atomic mass is 32.1. The number of aliphatic hydroxyl groups is 3. The lowest BCUT2D eigenvalue weighted by atomic mass is 10.0. The summed E-state index contributed by atoms with van der Waals surface area (Å²) in [6, 6.07) is 0. The summed E-state index contributed by atoms with van der Waals surface area (Å²) in [4.78, 5) is 0. The third-order valence-corrected chi connectivity index (χ3v) is 2.43. The van der Waals surface area contributed by atoms with E-state index < -0.39 is 24.5 Å². The third kappa shape index (κ3) is 3.53. The third-order valence-electron chi connectivity index (χ3n) is 2.20. The second kappa shape index (κ2) is 6.31. The summed E-state index contributed by atoms with van der Waals surface area (Å²) >= 11 is 4.85. The van der Waals surface area contributed by atoms with Crippen molar-refractivity contribution in [2.24, 2.45) is 0 Å². The minimum atomic E-state index is -1.25. The molecule has 0 aromatic heterocycles. The second-order valence-electron chi connectivity index (χ2n) is 3.58. The van der Waals surface area contributed by atoms with Crippen molar-refractivity contribution in [3.63, 3.8) is 0 Å². The highest BCUT2D eigenvalue weighted by Gasteiger charge is 2.37. The average molecular weight is 251 g/mol.